The molecule has 0 aliphatic rings. The summed E-state index contributed by atoms with van der Waals surface area (Å²) in [5.41, 5.74) is 2.39. The van der Waals surface area contributed by atoms with Gasteiger partial charge in [-0.05, 0) is 36.1 Å². The van der Waals surface area contributed by atoms with Gasteiger partial charge in [-0.15, -0.1) is 0 Å². The van der Waals surface area contributed by atoms with E-state index < -0.39 is 0 Å². The highest BCUT2D eigenvalue weighted by atomic mass is 16.5. The molecule has 112 valence electrons. The van der Waals surface area contributed by atoms with E-state index >= 15 is 0 Å². The van der Waals surface area contributed by atoms with Crippen molar-refractivity contribution >= 4 is 5.91 Å². The Balaban J connectivity index is 1.93. The number of amides is 1. The molecule has 2 N–H and O–H groups in total. The van der Waals surface area contributed by atoms with Crippen LogP contribution in [0.4, 0.5) is 0 Å². The number of hydrogen-bond donors (Lipinski definition) is 2. The lowest BCUT2D eigenvalue weighted by Gasteiger charge is -2.05. The van der Waals surface area contributed by atoms with Gasteiger partial charge >= 0.3 is 0 Å². The number of nitrogens with one attached hydrogen (secondary N) is 2. The summed E-state index contributed by atoms with van der Waals surface area (Å²) < 4.78 is 5.16. The topological polar surface area (TPSA) is 67.0 Å². The molecule has 1 amide bonds. The minimum absolute atomic E-state index is 0.177. The van der Waals surface area contributed by atoms with Crippen molar-refractivity contribution in [2.45, 2.75) is 26.8 Å². The van der Waals surface area contributed by atoms with Crippen molar-refractivity contribution in [2.24, 2.45) is 5.92 Å². The monoisotopic (exact) mass is 287 g/mol. The smallest absolute Gasteiger partial charge is 0.272 e. The highest BCUT2D eigenvalue weighted by molar-refractivity contribution is 5.92. The molecule has 0 saturated heterocycles. The molecule has 0 aliphatic carbocycles. The number of rotatable bonds is 6. The first kappa shape index (κ1) is 15.1. The van der Waals surface area contributed by atoms with E-state index in [1.54, 1.807) is 13.2 Å². The number of ether oxygens (including phenoxy) is 1. The van der Waals surface area contributed by atoms with Crippen LogP contribution in [0.15, 0.2) is 30.3 Å². The van der Waals surface area contributed by atoms with E-state index in [1.165, 1.54) is 0 Å². The number of carbonyl (C=O) groups is 1. The van der Waals surface area contributed by atoms with E-state index in [2.05, 4.69) is 29.4 Å². The number of H-pyrrole nitrogens is 1. The number of methoxy groups -OCH3 is 1. The van der Waals surface area contributed by atoms with Crippen LogP contribution < -0.4 is 10.1 Å². The van der Waals surface area contributed by atoms with Crippen molar-refractivity contribution in [3.63, 3.8) is 0 Å². The van der Waals surface area contributed by atoms with E-state index in [0.717, 1.165) is 23.4 Å². The Kier molecular flexibility index (Phi) is 4.98. The van der Waals surface area contributed by atoms with E-state index in [0.29, 0.717) is 18.2 Å². The molecule has 2 rings (SSSR count). The molecular formula is C16H21N3O2. The van der Waals surface area contributed by atoms with Gasteiger partial charge < -0.3 is 10.1 Å². The van der Waals surface area contributed by atoms with E-state index in [-0.39, 0.29) is 5.91 Å². The molecule has 0 saturated carbocycles. The van der Waals surface area contributed by atoms with Crippen LogP contribution in [0.5, 0.6) is 5.75 Å². The Morgan fingerprint density at radius 3 is 2.90 bits per heavy atom. The molecular weight excluding hydrogens is 266 g/mol. The second-order valence-electron chi connectivity index (χ2n) is 5.41. The molecule has 0 radical (unpaired) electrons. The van der Waals surface area contributed by atoms with Gasteiger partial charge in [0, 0.05) is 12.2 Å². The molecule has 1 heterocycles. The molecule has 5 heteroatoms. The first-order valence-corrected chi connectivity index (χ1v) is 7.04. The maximum Gasteiger partial charge on any atom is 0.272 e. The van der Waals surface area contributed by atoms with Crippen LogP contribution in [0.2, 0.25) is 0 Å². The van der Waals surface area contributed by atoms with Gasteiger partial charge in [0.1, 0.15) is 11.4 Å². The molecule has 1 aromatic carbocycles. The van der Waals surface area contributed by atoms with Crippen LogP contribution in [-0.4, -0.2) is 23.2 Å². The highest BCUT2D eigenvalue weighted by Crippen LogP contribution is 2.12. The van der Waals surface area contributed by atoms with Crippen LogP contribution in [0.25, 0.3) is 0 Å². The fourth-order valence-electron chi connectivity index (χ4n) is 2.08. The second kappa shape index (κ2) is 6.92. The Morgan fingerprint density at radius 1 is 1.38 bits per heavy atom. The van der Waals surface area contributed by atoms with Crippen LogP contribution in [-0.2, 0) is 13.0 Å². The van der Waals surface area contributed by atoms with Gasteiger partial charge in [0.25, 0.3) is 5.91 Å². The lowest BCUT2D eigenvalue weighted by Crippen LogP contribution is -2.23. The second-order valence-corrected chi connectivity index (χ2v) is 5.41. The molecule has 0 bridgehead atoms. The first-order chi connectivity index (χ1) is 10.1. The Bertz CT molecular complexity index is 605. The predicted octanol–water partition coefficient (Wildman–Crippen LogP) is 2.55. The summed E-state index contributed by atoms with van der Waals surface area (Å²) in [5.74, 6) is 1.13. The average Bonchev–Trinajstić information content (AvgIpc) is 2.92. The van der Waals surface area contributed by atoms with Crippen LogP contribution in [0.1, 0.15) is 35.6 Å². The Hall–Kier alpha value is -2.30. The normalized spacial score (nSPS) is 10.7. The fraction of sp³-hybridized carbons (Fsp3) is 0.375. The molecule has 0 atom stereocenters. The SMILES string of the molecule is COc1cccc(CNC(=O)c2cc(CC(C)C)[nH]n2)c1. The third-order valence-corrected chi connectivity index (χ3v) is 3.08. The minimum Gasteiger partial charge on any atom is -0.497 e. The number of benzene rings is 1. The number of aromatic amines is 1. The third-order valence-electron chi connectivity index (χ3n) is 3.08. The molecule has 2 aromatic rings. The molecule has 0 unspecified atom stereocenters. The maximum absolute atomic E-state index is 12.0. The standard InChI is InChI=1S/C16H21N3O2/c1-11(2)7-13-9-15(19-18-13)16(20)17-10-12-5-4-6-14(8-12)21-3/h4-6,8-9,11H,7,10H2,1-3H3,(H,17,20)(H,18,19). The van der Waals surface area contributed by atoms with Crippen LogP contribution in [0, 0.1) is 5.92 Å². The quantitative estimate of drug-likeness (QED) is 0.858. The Morgan fingerprint density at radius 2 is 2.19 bits per heavy atom. The lowest BCUT2D eigenvalue weighted by atomic mass is 10.1. The van der Waals surface area contributed by atoms with Gasteiger partial charge in [0.2, 0.25) is 0 Å². The van der Waals surface area contributed by atoms with Gasteiger partial charge in [-0.2, -0.15) is 5.10 Å². The Labute approximate surface area is 124 Å². The van der Waals surface area contributed by atoms with E-state index in [4.69, 9.17) is 4.74 Å². The number of aromatic nitrogens is 2. The number of nitrogens with zero attached hydrogens (tertiary/aromatic N) is 1. The minimum atomic E-state index is -0.177. The molecule has 0 spiro atoms. The van der Waals surface area contributed by atoms with Crippen molar-refractivity contribution in [3.05, 3.63) is 47.3 Å². The van der Waals surface area contributed by atoms with E-state index in [1.807, 2.05) is 24.3 Å². The van der Waals surface area contributed by atoms with Crippen molar-refractivity contribution in [3.8, 4) is 5.75 Å². The van der Waals surface area contributed by atoms with Crippen molar-refractivity contribution in [1.29, 1.82) is 0 Å². The van der Waals surface area contributed by atoms with Gasteiger partial charge in [-0.25, -0.2) is 0 Å². The fourth-order valence-corrected chi connectivity index (χ4v) is 2.08. The van der Waals surface area contributed by atoms with Crippen molar-refractivity contribution in [2.75, 3.05) is 7.11 Å². The summed E-state index contributed by atoms with van der Waals surface area (Å²) in [5, 5.41) is 9.81. The van der Waals surface area contributed by atoms with Gasteiger partial charge in [0.05, 0.1) is 7.11 Å². The third kappa shape index (κ3) is 4.34. The summed E-state index contributed by atoms with van der Waals surface area (Å²) in [6, 6.07) is 9.42. The molecule has 1 aromatic heterocycles. The molecule has 0 aliphatic heterocycles. The summed E-state index contributed by atoms with van der Waals surface area (Å²) in [4.78, 5) is 12.0. The van der Waals surface area contributed by atoms with Gasteiger partial charge in [-0.3, -0.25) is 9.89 Å². The zero-order chi connectivity index (χ0) is 15.2. The lowest BCUT2D eigenvalue weighted by molar-refractivity contribution is 0.0946. The zero-order valence-electron chi connectivity index (χ0n) is 12.6. The average molecular weight is 287 g/mol. The van der Waals surface area contributed by atoms with Crippen LogP contribution in [0.3, 0.4) is 0 Å². The maximum atomic E-state index is 12.0. The number of carbonyl (C=O) groups excluding carboxylic acids is 1. The summed E-state index contributed by atoms with van der Waals surface area (Å²) in [6.07, 6.45) is 0.885. The molecule has 0 fully saturated rings. The zero-order valence-corrected chi connectivity index (χ0v) is 12.6. The van der Waals surface area contributed by atoms with Crippen molar-refractivity contribution in [1.82, 2.24) is 15.5 Å². The summed E-state index contributed by atoms with van der Waals surface area (Å²) in [6.45, 7) is 4.70. The first-order valence-electron chi connectivity index (χ1n) is 7.04. The summed E-state index contributed by atoms with van der Waals surface area (Å²) >= 11 is 0. The number of hydrogen-bond acceptors (Lipinski definition) is 3. The summed E-state index contributed by atoms with van der Waals surface area (Å²) in [7, 11) is 1.62. The van der Waals surface area contributed by atoms with Crippen molar-refractivity contribution < 1.29 is 9.53 Å². The van der Waals surface area contributed by atoms with E-state index in [9.17, 15) is 4.79 Å². The molecule has 5 nitrogen and oxygen atoms in total. The molecule has 21 heavy (non-hydrogen) atoms. The largest absolute Gasteiger partial charge is 0.497 e. The highest BCUT2D eigenvalue weighted by Gasteiger charge is 2.11. The van der Waals surface area contributed by atoms with Gasteiger partial charge in [-0.1, -0.05) is 26.0 Å². The predicted molar refractivity (Wildman–Crippen MR) is 81.3 cm³/mol. The van der Waals surface area contributed by atoms with Crippen LogP contribution >= 0.6 is 0 Å². The van der Waals surface area contributed by atoms with Gasteiger partial charge in [0.15, 0.2) is 0 Å².